The molecule has 0 saturated heterocycles. The Balaban J connectivity index is 1.82. The van der Waals surface area contributed by atoms with Crippen molar-refractivity contribution in [2.45, 2.75) is 34.3 Å². The highest BCUT2D eigenvalue weighted by Crippen LogP contribution is 2.30. The molecule has 0 radical (unpaired) electrons. The molecule has 4 aromatic rings. The molecule has 3 aromatic carbocycles. The molecule has 0 unspecified atom stereocenters. The molecule has 0 fully saturated rings. The van der Waals surface area contributed by atoms with Crippen LogP contribution in [0.2, 0.25) is 0 Å². The number of carbonyl (C=O) groups excluding carboxylic acids is 1. The van der Waals surface area contributed by atoms with E-state index in [4.69, 9.17) is 9.15 Å². The molecule has 0 aliphatic carbocycles. The van der Waals surface area contributed by atoms with Crippen molar-refractivity contribution in [3.8, 4) is 5.75 Å². The van der Waals surface area contributed by atoms with Crippen LogP contribution in [-0.2, 0) is 6.61 Å². The Labute approximate surface area is 186 Å². The molecule has 162 valence electrons. The van der Waals surface area contributed by atoms with Crippen LogP contribution in [0, 0.1) is 27.7 Å². The van der Waals surface area contributed by atoms with E-state index in [0.29, 0.717) is 28.1 Å². The van der Waals surface area contributed by atoms with Crippen molar-refractivity contribution in [3.05, 3.63) is 104 Å². The predicted octanol–water partition coefficient (Wildman–Crippen LogP) is 5.86. The van der Waals surface area contributed by atoms with Gasteiger partial charge in [-0.15, -0.1) is 0 Å². The molecule has 0 bridgehead atoms. The van der Waals surface area contributed by atoms with Gasteiger partial charge in [0.2, 0.25) is 0 Å². The number of benzene rings is 3. The van der Waals surface area contributed by atoms with Crippen LogP contribution in [0.1, 0.15) is 38.4 Å². The molecule has 5 nitrogen and oxygen atoms in total. The molecule has 0 spiro atoms. The van der Waals surface area contributed by atoms with Gasteiger partial charge in [0.1, 0.15) is 23.7 Å². The molecule has 0 aliphatic rings. The highest BCUT2D eigenvalue weighted by molar-refractivity contribution is 6.13. The zero-order valence-electron chi connectivity index (χ0n) is 18.6. The third-order valence-electron chi connectivity index (χ3n) is 5.58. The first kappa shape index (κ1) is 21.4. The average molecular weight is 428 g/mol. The second kappa shape index (κ2) is 8.71. The van der Waals surface area contributed by atoms with Crippen LogP contribution >= 0.6 is 0 Å². The summed E-state index contributed by atoms with van der Waals surface area (Å²) < 4.78 is 12.0. The summed E-state index contributed by atoms with van der Waals surface area (Å²) in [5.74, 6) is 0.440. The van der Waals surface area contributed by atoms with Gasteiger partial charge in [0.15, 0.2) is 11.0 Å². The first-order valence-corrected chi connectivity index (χ1v) is 10.5. The summed E-state index contributed by atoms with van der Waals surface area (Å²) in [7, 11) is 0. The molecule has 1 amide bonds. The Kier molecular flexibility index (Phi) is 5.82. The fourth-order valence-corrected chi connectivity index (χ4v) is 3.65. The van der Waals surface area contributed by atoms with E-state index in [1.54, 1.807) is 26.0 Å². The molecule has 4 rings (SSSR count). The number of fused-ring (bicyclic) bond motifs is 1. The van der Waals surface area contributed by atoms with E-state index in [2.05, 4.69) is 5.32 Å². The number of nitrogens with one attached hydrogen (secondary N) is 1. The van der Waals surface area contributed by atoms with E-state index in [1.807, 2.05) is 62.4 Å². The summed E-state index contributed by atoms with van der Waals surface area (Å²) in [6.45, 7) is 7.66. The van der Waals surface area contributed by atoms with Gasteiger partial charge in [0.05, 0.1) is 5.39 Å². The van der Waals surface area contributed by atoms with Gasteiger partial charge in [-0.1, -0.05) is 48.0 Å². The van der Waals surface area contributed by atoms with Crippen molar-refractivity contribution in [1.82, 2.24) is 0 Å². The molecule has 32 heavy (non-hydrogen) atoms. The van der Waals surface area contributed by atoms with E-state index in [1.165, 1.54) is 0 Å². The summed E-state index contributed by atoms with van der Waals surface area (Å²) >= 11 is 0. The van der Waals surface area contributed by atoms with Crippen LogP contribution in [0.4, 0.5) is 5.69 Å². The van der Waals surface area contributed by atoms with Gasteiger partial charge < -0.3 is 14.5 Å². The van der Waals surface area contributed by atoms with Crippen LogP contribution in [0.25, 0.3) is 11.0 Å². The minimum atomic E-state index is -0.392. The van der Waals surface area contributed by atoms with Crippen LogP contribution in [0.3, 0.4) is 0 Å². The third kappa shape index (κ3) is 4.14. The van der Waals surface area contributed by atoms with Crippen molar-refractivity contribution in [2.75, 3.05) is 5.32 Å². The number of hydrogen-bond acceptors (Lipinski definition) is 4. The lowest BCUT2D eigenvalue weighted by atomic mass is 10.1. The summed E-state index contributed by atoms with van der Waals surface area (Å²) in [6.07, 6.45) is 0. The zero-order chi connectivity index (χ0) is 22.8. The number of rotatable bonds is 5. The topological polar surface area (TPSA) is 68.5 Å². The average Bonchev–Trinajstić information content (AvgIpc) is 2.78. The first-order chi connectivity index (χ1) is 15.3. The summed E-state index contributed by atoms with van der Waals surface area (Å²) in [5.41, 5.74) is 4.51. The summed E-state index contributed by atoms with van der Waals surface area (Å²) in [4.78, 5) is 26.3. The first-order valence-electron chi connectivity index (χ1n) is 10.5. The number of amides is 1. The van der Waals surface area contributed by atoms with Crippen molar-refractivity contribution in [2.24, 2.45) is 0 Å². The predicted molar refractivity (Wildman–Crippen MR) is 127 cm³/mol. The highest BCUT2D eigenvalue weighted by atomic mass is 16.5. The maximum absolute atomic E-state index is 13.5. The molecule has 0 aliphatic heterocycles. The molecule has 1 N–H and O–H groups in total. The normalized spacial score (nSPS) is 10.9. The Bertz CT molecular complexity index is 1370. The molecule has 0 atom stereocenters. The molecule has 1 heterocycles. The van der Waals surface area contributed by atoms with Crippen molar-refractivity contribution in [3.63, 3.8) is 0 Å². The number of anilines is 1. The lowest BCUT2D eigenvalue weighted by Gasteiger charge is -2.15. The number of ether oxygens (including phenoxy) is 1. The zero-order valence-corrected chi connectivity index (χ0v) is 18.6. The Morgan fingerprint density at radius 1 is 0.969 bits per heavy atom. The van der Waals surface area contributed by atoms with Crippen LogP contribution in [0.5, 0.6) is 5.75 Å². The summed E-state index contributed by atoms with van der Waals surface area (Å²) in [6, 6.07) is 18.8. The SMILES string of the molecule is Cc1ccc(NC(=O)c2c(OCc3ccccc3)ccc3c(=O)c(C)c(C)oc23)c(C)c1. The van der Waals surface area contributed by atoms with E-state index in [-0.39, 0.29) is 23.2 Å². The second-order valence-corrected chi connectivity index (χ2v) is 7.97. The Morgan fingerprint density at radius 2 is 1.72 bits per heavy atom. The molecule has 1 aromatic heterocycles. The fraction of sp³-hybridized carbons (Fsp3) is 0.185. The minimum absolute atomic E-state index is 0.154. The van der Waals surface area contributed by atoms with Gasteiger partial charge in [-0.3, -0.25) is 9.59 Å². The fourth-order valence-electron chi connectivity index (χ4n) is 3.65. The maximum atomic E-state index is 13.5. The number of aryl methyl sites for hydroxylation is 3. The van der Waals surface area contributed by atoms with E-state index in [9.17, 15) is 9.59 Å². The van der Waals surface area contributed by atoms with Gasteiger partial charge in [-0.05, 0) is 57.0 Å². The van der Waals surface area contributed by atoms with Gasteiger partial charge in [-0.25, -0.2) is 0 Å². The highest BCUT2D eigenvalue weighted by Gasteiger charge is 2.22. The van der Waals surface area contributed by atoms with Crippen LogP contribution < -0.4 is 15.5 Å². The second-order valence-electron chi connectivity index (χ2n) is 7.97. The lowest BCUT2D eigenvalue weighted by molar-refractivity contribution is 0.102. The third-order valence-corrected chi connectivity index (χ3v) is 5.58. The van der Waals surface area contributed by atoms with Gasteiger partial charge in [-0.2, -0.15) is 0 Å². The smallest absolute Gasteiger partial charge is 0.263 e. The molecular formula is C27H25NO4. The van der Waals surface area contributed by atoms with Crippen molar-refractivity contribution < 1.29 is 13.9 Å². The van der Waals surface area contributed by atoms with E-state index in [0.717, 1.165) is 16.7 Å². The van der Waals surface area contributed by atoms with Gasteiger partial charge >= 0.3 is 0 Å². The largest absolute Gasteiger partial charge is 0.488 e. The Morgan fingerprint density at radius 3 is 2.44 bits per heavy atom. The van der Waals surface area contributed by atoms with E-state index >= 15 is 0 Å². The maximum Gasteiger partial charge on any atom is 0.263 e. The Hall–Kier alpha value is -3.86. The molecular weight excluding hydrogens is 402 g/mol. The molecule has 5 heteroatoms. The quantitative estimate of drug-likeness (QED) is 0.433. The van der Waals surface area contributed by atoms with Gasteiger partial charge in [0.25, 0.3) is 5.91 Å². The standard InChI is InChI=1S/C27H25NO4/c1-16-10-12-22(17(2)14-16)28-27(30)24-23(31-15-20-8-6-5-7-9-20)13-11-21-25(29)18(3)19(4)32-26(21)24/h5-14H,15H2,1-4H3,(H,28,30). The van der Waals surface area contributed by atoms with Gasteiger partial charge in [0, 0.05) is 11.3 Å². The molecule has 0 saturated carbocycles. The van der Waals surface area contributed by atoms with E-state index < -0.39 is 5.91 Å². The number of carbonyl (C=O) groups is 1. The van der Waals surface area contributed by atoms with Crippen LogP contribution in [0.15, 0.2) is 69.9 Å². The van der Waals surface area contributed by atoms with Crippen LogP contribution in [-0.4, -0.2) is 5.91 Å². The monoisotopic (exact) mass is 427 g/mol. The summed E-state index contributed by atoms with van der Waals surface area (Å²) in [5, 5.41) is 3.31. The minimum Gasteiger partial charge on any atom is -0.488 e. The lowest BCUT2D eigenvalue weighted by Crippen LogP contribution is -2.17. The number of hydrogen-bond donors (Lipinski definition) is 1. The van der Waals surface area contributed by atoms with Crippen molar-refractivity contribution >= 4 is 22.6 Å². The van der Waals surface area contributed by atoms with Crippen molar-refractivity contribution in [1.29, 1.82) is 0 Å².